The minimum absolute atomic E-state index is 0.223. The maximum atomic E-state index is 12.3. The molecule has 2 atom stereocenters. The summed E-state index contributed by atoms with van der Waals surface area (Å²) in [4.78, 5) is 35.3. The lowest BCUT2D eigenvalue weighted by atomic mass is 10.0. The van der Waals surface area contributed by atoms with E-state index in [9.17, 15) is 14.4 Å². The van der Waals surface area contributed by atoms with Crippen molar-refractivity contribution in [2.75, 3.05) is 7.11 Å². The normalized spacial score (nSPS) is 12.9. The van der Waals surface area contributed by atoms with Crippen molar-refractivity contribution in [3.8, 4) is 12.3 Å². The smallest absolute Gasteiger partial charge is 0.328 e. The van der Waals surface area contributed by atoms with Crippen LogP contribution in [0.1, 0.15) is 46.5 Å². The van der Waals surface area contributed by atoms with Crippen LogP contribution >= 0.6 is 0 Å². The Hall–Kier alpha value is -2.03. The number of carbonyl (C=O) groups excluding carboxylic acids is 3. The Labute approximate surface area is 132 Å². The van der Waals surface area contributed by atoms with Crippen LogP contribution in [0.3, 0.4) is 0 Å². The molecule has 0 saturated heterocycles. The first-order valence-corrected chi connectivity index (χ1v) is 7.40. The number of hydrogen-bond acceptors (Lipinski definition) is 4. The zero-order valence-corrected chi connectivity index (χ0v) is 13.8. The number of nitrogens with one attached hydrogen (secondary N) is 2. The van der Waals surface area contributed by atoms with E-state index in [4.69, 9.17) is 11.2 Å². The highest BCUT2D eigenvalue weighted by Crippen LogP contribution is 2.08. The predicted molar refractivity (Wildman–Crippen MR) is 83.7 cm³/mol. The third kappa shape index (κ3) is 8.30. The molecule has 0 unspecified atom stereocenters. The van der Waals surface area contributed by atoms with E-state index >= 15 is 0 Å². The van der Waals surface area contributed by atoms with E-state index < -0.39 is 18.1 Å². The fraction of sp³-hybridized carbons (Fsp3) is 0.688. The van der Waals surface area contributed by atoms with Crippen LogP contribution in [0.15, 0.2) is 0 Å². The quantitative estimate of drug-likeness (QED) is 0.378. The summed E-state index contributed by atoms with van der Waals surface area (Å²) in [6, 6.07) is -1.42. The standard InChI is InChI=1S/C16H26N2O4/c1-6-7-8-9-13(16(21)22-5)18-15(20)14(10-11(2)3)17-12(4)19/h1,11,13-14H,7-10H2,2-5H3,(H,17,19)(H,18,20)/t13-,14-/m0/s1. The van der Waals surface area contributed by atoms with Gasteiger partial charge in [0.15, 0.2) is 0 Å². The second-order valence-electron chi connectivity index (χ2n) is 5.56. The lowest BCUT2D eigenvalue weighted by Crippen LogP contribution is -2.51. The molecule has 0 aromatic heterocycles. The van der Waals surface area contributed by atoms with Crippen LogP contribution in [0, 0.1) is 18.3 Å². The molecule has 0 heterocycles. The van der Waals surface area contributed by atoms with Crippen LogP contribution in [0.4, 0.5) is 0 Å². The summed E-state index contributed by atoms with van der Waals surface area (Å²) in [5, 5.41) is 5.25. The van der Waals surface area contributed by atoms with E-state index in [2.05, 4.69) is 16.6 Å². The number of unbranched alkanes of at least 4 members (excludes halogenated alkanes) is 1. The van der Waals surface area contributed by atoms with Gasteiger partial charge in [0.25, 0.3) is 0 Å². The van der Waals surface area contributed by atoms with Gasteiger partial charge in [-0.2, -0.15) is 0 Å². The first-order chi connectivity index (χ1) is 10.3. The van der Waals surface area contributed by atoms with Crippen molar-refractivity contribution in [2.45, 2.75) is 58.5 Å². The Bertz CT molecular complexity index is 426. The van der Waals surface area contributed by atoms with Gasteiger partial charge in [0.05, 0.1) is 7.11 Å². The van der Waals surface area contributed by atoms with Gasteiger partial charge in [-0.1, -0.05) is 13.8 Å². The Morgan fingerprint density at radius 3 is 2.27 bits per heavy atom. The number of terminal acetylenes is 1. The Balaban J connectivity index is 4.82. The molecule has 0 fully saturated rings. The van der Waals surface area contributed by atoms with E-state index in [1.807, 2.05) is 13.8 Å². The molecule has 0 aliphatic rings. The molecule has 0 aromatic rings. The number of hydrogen-bond donors (Lipinski definition) is 2. The third-order valence-electron chi connectivity index (χ3n) is 3.02. The van der Waals surface area contributed by atoms with Crippen molar-refractivity contribution in [1.82, 2.24) is 10.6 Å². The van der Waals surface area contributed by atoms with Gasteiger partial charge in [-0.15, -0.1) is 12.3 Å². The molecule has 124 valence electrons. The predicted octanol–water partition coefficient (Wildman–Crippen LogP) is 0.999. The number of amides is 2. The Morgan fingerprint density at radius 1 is 1.18 bits per heavy atom. The highest BCUT2D eigenvalue weighted by molar-refractivity contribution is 5.90. The number of ether oxygens (including phenoxy) is 1. The third-order valence-corrected chi connectivity index (χ3v) is 3.02. The Kier molecular flexibility index (Phi) is 9.68. The zero-order chi connectivity index (χ0) is 17.1. The average Bonchev–Trinajstić information content (AvgIpc) is 2.43. The maximum Gasteiger partial charge on any atom is 0.328 e. The van der Waals surface area contributed by atoms with Crippen LogP contribution in [-0.2, 0) is 19.1 Å². The molecule has 6 nitrogen and oxygen atoms in total. The molecule has 22 heavy (non-hydrogen) atoms. The number of esters is 1. The summed E-state index contributed by atoms with van der Waals surface area (Å²) >= 11 is 0. The topological polar surface area (TPSA) is 84.5 Å². The minimum Gasteiger partial charge on any atom is -0.467 e. The summed E-state index contributed by atoms with van der Waals surface area (Å²) in [7, 11) is 1.27. The van der Waals surface area contributed by atoms with E-state index in [-0.39, 0.29) is 17.7 Å². The molecule has 0 aliphatic carbocycles. The molecule has 0 radical (unpaired) electrons. The summed E-state index contributed by atoms with van der Waals surface area (Å²) in [6.07, 6.45) is 7.19. The Morgan fingerprint density at radius 2 is 1.82 bits per heavy atom. The van der Waals surface area contributed by atoms with Crippen LogP contribution in [-0.4, -0.2) is 37.0 Å². The summed E-state index contributed by atoms with van der Waals surface area (Å²) in [6.45, 7) is 5.25. The molecule has 2 N–H and O–H groups in total. The first-order valence-electron chi connectivity index (χ1n) is 7.40. The molecular formula is C16H26N2O4. The van der Waals surface area contributed by atoms with Gasteiger partial charge in [0, 0.05) is 13.3 Å². The van der Waals surface area contributed by atoms with Gasteiger partial charge in [-0.05, 0) is 25.2 Å². The SMILES string of the molecule is C#CCCC[C@H](NC(=O)[C@H](CC(C)C)NC(C)=O)C(=O)OC. The molecule has 2 amide bonds. The van der Waals surface area contributed by atoms with Gasteiger partial charge in [-0.3, -0.25) is 9.59 Å². The van der Waals surface area contributed by atoms with Gasteiger partial charge >= 0.3 is 5.97 Å². The van der Waals surface area contributed by atoms with Crippen LogP contribution in [0.5, 0.6) is 0 Å². The lowest BCUT2D eigenvalue weighted by molar-refractivity contribution is -0.145. The summed E-state index contributed by atoms with van der Waals surface area (Å²) < 4.78 is 4.69. The maximum absolute atomic E-state index is 12.3. The molecule has 0 aliphatic heterocycles. The van der Waals surface area contributed by atoms with Crippen molar-refractivity contribution in [1.29, 1.82) is 0 Å². The first kappa shape index (κ1) is 20.0. The van der Waals surface area contributed by atoms with Crippen molar-refractivity contribution in [2.24, 2.45) is 5.92 Å². The molecule has 0 saturated carbocycles. The zero-order valence-electron chi connectivity index (χ0n) is 13.8. The molecule has 6 heteroatoms. The van der Waals surface area contributed by atoms with Crippen LogP contribution in [0.2, 0.25) is 0 Å². The van der Waals surface area contributed by atoms with Gasteiger partial charge < -0.3 is 15.4 Å². The lowest BCUT2D eigenvalue weighted by Gasteiger charge is -2.22. The monoisotopic (exact) mass is 310 g/mol. The van der Waals surface area contributed by atoms with Crippen LogP contribution in [0.25, 0.3) is 0 Å². The van der Waals surface area contributed by atoms with E-state index in [1.54, 1.807) is 0 Å². The van der Waals surface area contributed by atoms with Crippen LogP contribution < -0.4 is 10.6 Å². The van der Waals surface area contributed by atoms with Gasteiger partial charge in [0.1, 0.15) is 12.1 Å². The second kappa shape index (κ2) is 10.7. The number of rotatable bonds is 9. The van der Waals surface area contributed by atoms with Crippen molar-refractivity contribution < 1.29 is 19.1 Å². The molecule has 0 rings (SSSR count). The molecule has 0 aromatic carbocycles. The minimum atomic E-state index is -0.755. The molecule has 0 bridgehead atoms. The van der Waals surface area contributed by atoms with E-state index in [0.29, 0.717) is 25.7 Å². The highest BCUT2D eigenvalue weighted by atomic mass is 16.5. The fourth-order valence-corrected chi connectivity index (χ4v) is 2.02. The molecule has 0 spiro atoms. The molecular weight excluding hydrogens is 284 g/mol. The average molecular weight is 310 g/mol. The summed E-state index contributed by atoms with van der Waals surface area (Å²) in [5.74, 6) is 1.51. The van der Waals surface area contributed by atoms with Crippen molar-refractivity contribution in [3.05, 3.63) is 0 Å². The van der Waals surface area contributed by atoms with E-state index in [1.165, 1.54) is 14.0 Å². The van der Waals surface area contributed by atoms with Gasteiger partial charge in [-0.25, -0.2) is 4.79 Å². The number of carbonyl (C=O) groups is 3. The van der Waals surface area contributed by atoms with Crippen molar-refractivity contribution in [3.63, 3.8) is 0 Å². The second-order valence-corrected chi connectivity index (χ2v) is 5.56. The van der Waals surface area contributed by atoms with Crippen molar-refractivity contribution >= 4 is 17.8 Å². The van der Waals surface area contributed by atoms with Gasteiger partial charge in [0.2, 0.25) is 11.8 Å². The number of methoxy groups -OCH3 is 1. The largest absolute Gasteiger partial charge is 0.467 e. The fourth-order valence-electron chi connectivity index (χ4n) is 2.02. The summed E-state index contributed by atoms with van der Waals surface area (Å²) in [5.41, 5.74) is 0. The van der Waals surface area contributed by atoms with E-state index in [0.717, 1.165) is 0 Å². The highest BCUT2D eigenvalue weighted by Gasteiger charge is 2.26.